The van der Waals surface area contributed by atoms with Crippen LogP contribution in [0.4, 0.5) is 0 Å². The van der Waals surface area contributed by atoms with Gasteiger partial charge in [0.05, 0.1) is 0 Å². The van der Waals surface area contributed by atoms with Crippen LogP contribution < -0.4 is 10.4 Å². The van der Waals surface area contributed by atoms with Gasteiger partial charge in [-0.05, 0) is 52.3 Å². The van der Waals surface area contributed by atoms with Crippen molar-refractivity contribution in [3.63, 3.8) is 0 Å². The molecule has 0 saturated carbocycles. The fraction of sp³-hybridized carbons (Fsp3) is 0.0769. The molecule has 2 aliphatic rings. The molecule has 0 aliphatic heterocycles. The molecule has 3 rings (SSSR count). The Kier molecular flexibility index (Phi) is 4.24. The Hall–Kier alpha value is -0.0969. The van der Waals surface area contributed by atoms with Gasteiger partial charge in [-0.1, -0.05) is 24.3 Å². The Morgan fingerprint density at radius 3 is 2.75 bits per heavy atom. The summed E-state index contributed by atoms with van der Waals surface area (Å²) in [6.45, 7) is 2.13. The average molecular weight is 327 g/mol. The second kappa shape index (κ2) is 5.49. The van der Waals surface area contributed by atoms with Crippen molar-refractivity contribution in [2.24, 2.45) is 0 Å². The van der Waals surface area contributed by atoms with Gasteiger partial charge in [-0.2, -0.15) is 0 Å². The molecule has 1 aromatic rings. The van der Waals surface area contributed by atoms with Crippen LogP contribution in [0.25, 0.3) is 23.8 Å². The molecular formula is C13H9Cl2Zr. The molecule has 0 N–H and O–H groups in total. The normalized spacial score (nSPS) is 13.8. The summed E-state index contributed by atoms with van der Waals surface area (Å²) < 4.78 is 0. The summed E-state index contributed by atoms with van der Waals surface area (Å²) in [6, 6.07) is 4.45. The summed E-state index contributed by atoms with van der Waals surface area (Å²) in [5, 5.41) is 2.56. The Bertz CT molecular complexity index is 583. The van der Waals surface area contributed by atoms with Crippen molar-refractivity contribution in [3.05, 3.63) is 45.8 Å². The van der Waals surface area contributed by atoms with Crippen LogP contribution in [0.3, 0.4) is 0 Å². The Labute approximate surface area is 114 Å². The average Bonchev–Trinajstić information content (AvgIpc) is 2.84. The second-order valence-electron chi connectivity index (χ2n) is 3.60. The fourth-order valence-corrected chi connectivity index (χ4v) is 1.89. The standard InChI is InChI=1S/C13H9.2ClH.Zr/c1-9-5-6-12-7-10-3-2-4-11(10)8-13(9)12;;;/h2-5,7-8H,1H3;2*1H;/q;;;+2/p-2. The molecule has 0 atom stereocenters. The van der Waals surface area contributed by atoms with Crippen molar-refractivity contribution in [1.82, 2.24) is 0 Å². The van der Waals surface area contributed by atoms with E-state index in [4.69, 9.17) is 17.0 Å². The molecule has 79 valence electrons. The zero-order chi connectivity index (χ0) is 11.5. The molecule has 0 spiro atoms. The number of hydrogen-bond donors (Lipinski definition) is 0. The summed E-state index contributed by atoms with van der Waals surface area (Å²) >= 11 is -0.826. The maximum atomic E-state index is 4.93. The van der Waals surface area contributed by atoms with E-state index in [-0.39, 0.29) is 0 Å². The van der Waals surface area contributed by atoms with E-state index in [0.717, 1.165) is 0 Å². The quantitative estimate of drug-likeness (QED) is 0.687. The summed E-state index contributed by atoms with van der Waals surface area (Å²) in [5.41, 5.74) is 3.96. The van der Waals surface area contributed by atoms with E-state index in [0.29, 0.717) is 0 Å². The number of halogens is 2. The minimum absolute atomic E-state index is 0.826. The summed E-state index contributed by atoms with van der Waals surface area (Å²) in [6.07, 6.45) is 11.7. The van der Waals surface area contributed by atoms with Crippen molar-refractivity contribution < 1.29 is 20.8 Å². The number of benzene rings is 1. The van der Waals surface area contributed by atoms with E-state index in [1.165, 1.54) is 27.1 Å². The first-order chi connectivity index (χ1) is 7.76. The van der Waals surface area contributed by atoms with E-state index >= 15 is 0 Å². The zero-order valence-corrected chi connectivity index (χ0v) is 12.7. The van der Waals surface area contributed by atoms with Crippen LogP contribution in [0.5, 0.6) is 0 Å². The Balaban J connectivity index is 0.000000292. The third-order valence-corrected chi connectivity index (χ3v) is 2.64. The van der Waals surface area contributed by atoms with Gasteiger partial charge in [0.2, 0.25) is 0 Å². The summed E-state index contributed by atoms with van der Waals surface area (Å²) in [5.74, 6) is 0. The van der Waals surface area contributed by atoms with Gasteiger partial charge in [0.1, 0.15) is 0 Å². The van der Waals surface area contributed by atoms with Crippen LogP contribution in [0, 0.1) is 0 Å². The first-order valence-electron chi connectivity index (χ1n) is 4.85. The zero-order valence-electron chi connectivity index (χ0n) is 8.72. The molecular weight excluding hydrogens is 318 g/mol. The predicted octanol–water partition coefficient (Wildman–Crippen LogP) is 2.94. The molecule has 2 aliphatic carbocycles. The van der Waals surface area contributed by atoms with Gasteiger partial charge in [0.15, 0.2) is 0 Å². The van der Waals surface area contributed by atoms with Crippen molar-refractivity contribution in [3.8, 4) is 0 Å². The van der Waals surface area contributed by atoms with Crippen LogP contribution in [0.1, 0.15) is 18.1 Å². The van der Waals surface area contributed by atoms with Crippen LogP contribution >= 0.6 is 17.0 Å². The topological polar surface area (TPSA) is 0 Å². The molecule has 0 bridgehead atoms. The second-order valence-corrected chi connectivity index (χ2v) is 7.33. The van der Waals surface area contributed by atoms with Gasteiger partial charge < -0.3 is 0 Å². The van der Waals surface area contributed by atoms with Gasteiger partial charge in [-0.25, -0.2) is 0 Å². The van der Waals surface area contributed by atoms with Gasteiger partial charge in [-0.15, -0.1) is 0 Å². The number of allylic oxidation sites excluding steroid dienone is 3. The monoisotopic (exact) mass is 325 g/mol. The molecule has 1 aromatic carbocycles. The van der Waals surface area contributed by atoms with Crippen LogP contribution in [0.2, 0.25) is 0 Å². The molecule has 0 nitrogen and oxygen atoms in total. The molecule has 16 heavy (non-hydrogen) atoms. The molecule has 0 aromatic heterocycles. The molecule has 1 radical (unpaired) electrons. The van der Waals surface area contributed by atoms with Crippen LogP contribution in [0.15, 0.2) is 24.3 Å². The summed E-state index contributed by atoms with van der Waals surface area (Å²) in [7, 11) is 9.87. The van der Waals surface area contributed by atoms with E-state index in [1.807, 2.05) is 0 Å². The third kappa shape index (κ3) is 2.42. The van der Waals surface area contributed by atoms with Crippen molar-refractivity contribution in [2.45, 2.75) is 6.92 Å². The maximum absolute atomic E-state index is 4.93. The number of hydrogen-bond acceptors (Lipinski definition) is 0. The van der Waals surface area contributed by atoms with Gasteiger partial charge >= 0.3 is 37.9 Å². The summed E-state index contributed by atoms with van der Waals surface area (Å²) in [4.78, 5) is 0. The fourth-order valence-electron chi connectivity index (χ4n) is 1.89. The van der Waals surface area contributed by atoms with E-state index in [1.54, 1.807) is 0 Å². The first-order valence-corrected chi connectivity index (χ1v) is 11.2. The van der Waals surface area contributed by atoms with E-state index in [2.05, 4.69) is 49.4 Å². The molecule has 0 saturated heterocycles. The van der Waals surface area contributed by atoms with Crippen LogP contribution in [-0.4, -0.2) is 0 Å². The van der Waals surface area contributed by atoms with Crippen LogP contribution in [-0.2, 0) is 20.8 Å². The molecule has 3 heteroatoms. The van der Waals surface area contributed by atoms with Crippen molar-refractivity contribution in [2.75, 3.05) is 0 Å². The third-order valence-electron chi connectivity index (χ3n) is 2.64. The molecule has 0 fully saturated rings. The predicted molar refractivity (Wildman–Crippen MR) is 68.0 cm³/mol. The SMILES string of the molecule is CC1=C[C]=c2cc3c(cc21)=CC=C3.[Cl][Zr][Cl]. The van der Waals surface area contributed by atoms with Crippen molar-refractivity contribution >= 4 is 40.8 Å². The van der Waals surface area contributed by atoms with Gasteiger partial charge in [0.25, 0.3) is 0 Å². The molecule has 0 amide bonds. The molecule has 0 heterocycles. The van der Waals surface area contributed by atoms with Gasteiger partial charge in [0, 0.05) is 0 Å². The minimum atomic E-state index is -0.826. The van der Waals surface area contributed by atoms with E-state index in [9.17, 15) is 0 Å². The van der Waals surface area contributed by atoms with Crippen molar-refractivity contribution in [1.29, 1.82) is 0 Å². The Morgan fingerprint density at radius 1 is 1.25 bits per heavy atom. The van der Waals surface area contributed by atoms with Gasteiger partial charge in [-0.3, -0.25) is 0 Å². The van der Waals surface area contributed by atoms with E-state index < -0.39 is 20.8 Å². The number of rotatable bonds is 0. The molecule has 0 unspecified atom stereocenters. The number of fused-ring (bicyclic) bond motifs is 2. The Morgan fingerprint density at radius 2 is 2.00 bits per heavy atom. The first kappa shape index (κ1) is 12.4.